The van der Waals surface area contributed by atoms with Crippen LogP contribution in [0.5, 0.6) is 0 Å². The highest BCUT2D eigenvalue weighted by Gasteiger charge is 1.88. The van der Waals surface area contributed by atoms with Crippen LogP contribution in [0.1, 0.15) is 36.0 Å². The molecule has 0 spiro atoms. The Hall–Kier alpha value is -0.0400. The van der Waals surface area contributed by atoms with Gasteiger partial charge in [-0.25, -0.2) is 0 Å². The summed E-state index contributed by atoms with van der Waals surface area (Å²) in [5.74, 6) is 0.793. The molecule has 0 bridgehead atoms. The molecule has 1 N–H and O–H groups in total. The molecule has 58 valence electrons. The molecule has 0 aliphatic heterocycles. The van der Waals surface area contributed by atoms with Gasteiger partial charge in [0, 0.05) is 1.37 Å². The Morgan fingerprint density at radius 3 is 2.44 bits per heavy atom. The minimum absolute atomic E-state index is 0.793. The predicted molar refractivity (Wildman–Crippen MR) is 44.7 cm³/mol. The zero-order valence-corrected chi connectivity index (χ0v) is 7.20. The molecule has 1 nitrogen and oxygen atoms in total. The lowest BCUT2D eigenvalue weighted by Crippen LogP contribution is -2.19. The first-order chi connectivity index (χ1) is 4.77. The Balaban J connectivity index is 0. The van der Waals surface area contributed by atoms with Crippen LogP contribution in [0.2, 0.25) is 0 Å². The molecule has 1 heteroatoms. The van der Waals surface area contributed by atoms with E-state index in [1.807, 2.05) is 0 Å². The molecule has 0 heterocycles. The summed E-state index contributed by atoms with van der Waals surface area (Å²) in [5.41, 5.74) is 0. The summed E-state index contributed by atoms with van der Waals surface area (Å²) in [6, 6.07) is 0. The molecule has 0 aromatic rings. The van der Waals surface area contributed by atoms with Gasteiger partial charge in [-0.2, -0.15) is 0 Å². The summed E-state index contributed by atoms with van der Waals surface area (Å²) < 4.78 is 5.75. The van der Waals surface area contributed by atoms with Crippen LogP contribution in [0.25, 0.3) is 0 Å². The first-order valence-electron chi connectivity index (χ1n) is 4.48. The van der Waals surface area contributed by atoms with E-state index in [1.165, 1.54) is 13.8 Å². The molecule has 0 unspecified atom stereocenters. The van der Waals surface area contributed by atoms with E-state index in [0.29, 0.717) is 0 Å². The average Bonchev–Trinajstić information content (AvgIpc) is 1.92. The van der Waals surface area contributed by atoms with Crippen molar-refractivity contribution in [2.45, 2.75) is 34.6 Å². The molecule has 0 aliphatic rings. The van der Waals surface area contributed by atoms with Gasteiger partial charge in [-0.05, 0) is 25.4 Å². The quantitative estimate of drug-likeness (QED) is 0.579. The second kappa shape index (κ2) is 7.96. The Labute approximate surface area is 61.3 Å². The fourth-order valence-electron chi connectivity index (χ4n) is 0.568. The van der Waals surface area contributed by atoms with Gasteiger partial charge in [0.15, 0.2) is 0 Å². The molecule has 0 saturated carbocycles. The largest absolute Gasteiger partial charge is 0.316 e. The van der Waals surface area contributed by atoms with Gasteiger partial charge < -0.3 is 5.32 Å². The highest BCUT2D eigenvalue weighted by Crippen LogP contribution is 1.86. The molecular weight excluding hydrogens is 110 g/mol. The van der Waals surface area contributed by atoms with Crippen molar-refractivity contribution in [2.75, 3.05) is 13.1 Å². The predicted octanol–water partition coefficient (Wildman–Crippen LogP) is 2.28. The monoisotopic (exact) mass is 132 g/mol. The van der Waals surface area contributed by atoms with Crippen LogP contribution in [0.3, 0.4) is 0 Å². The molecule has 0 rings (SSSR count). The molecule has 0 atom stereocenters. The standard InChI is InChI=1S/C7H17N.CH4/c1-4-5-8-6-7(2)3;/h7-8H,4-6H2,1-3H3;1H4/i;1D. The first-order valence-corrected chi connectivity index (χ1v) is 3.48. The molecule has 0 aromatic carbocycles. The van der Waals surface area contributed by atoms with Crippen LogP contribution in [0, 0.1) is 5.92 Å². The van der Waals surface area contributed by atoms with Gasteiger partial charge in [-0.1, -0.05) is 28.2 Å². The third kappa shape index (κ3) is 11.5. The molecule has 0 radical (unpaired) electrons. The summed E-state index contributed by atoms with van der Waals surface area (Å²) in [4.78, 5) is 0. The fraction of sp³-hybridized carbons (Fsp3) is 1.00. The third-order valence-electron chi connectivity index (χ3n) is 0.979. The van der Waals surface area contributed by atoms with Gasteiger partial charge in [0.25, 0.3) is 0 Å². The van der Waals surface area contributed by atoms with Crippen molar-refractivity contribution in [3.8, 4) is 0 Å². The highest BCUT2D eigenvalue weighted by molar-refractivity contribution is 4.48. The number of rotatable bonds is 4. The van der Waals surface area contributed by atoms with E-state index in [0.717, 1.165) is 19.0 Å². The van der Waals surface area contributed by atoms with E-state index < -0.39 is 0 Å². The second-order valence-corrected chi connectivity index (χ2v) is 2.60. The van der Waals surface area contributed by atoms with Gasteiger partial charge in [-0.15, -0.1) is 0 Å². The minimum atomic E-state index is 0.793. The van der Waals surface area contributed by atoms with Gasteiger partial charge in [0.2, 0.25) is 0 Å². The van der Waals surface area contributed by atoms with Gasteiger partial charge in [0.05, 0.1) is 0 Å². The molecule has 0 fully saturated rings. The summed E-state index contributed by atoms with van der Waals surface area (Å²) in [5, 5.41) is 3.33. The SMILES string of the molecule is CCCNCC(C)C.[2H]C. The number of hydrogen-bond acceptors (Lipinski definition) is 1. The van der Waals surface area contributed by atoms with E-state index in [4.69, 9.17) is 1.37 Å². The van der Waals surface area contributed by atoms with Crippen LogP contribution in [0.4, 0.5) is 0 Å². The maximum absolute atomic E-state index is 5.75. The number of hydrogen-bond donors (Lipinski definition) is 1. The maximum atomic E-state index is 5.75. The number of nitrogens with one attached hydrogen (secondary N) is 1. The van der Waals surface area contributed by atoms with Crippen molar-refractivity contribution in [3.63, 3.8) is 0 Å². The smallest absolute Gasteiger partial charge is 0.0194 e. The fourth-order valence-corrected chi connectivity index (χ4v) is 0.568. The molecule has 0 saturated heterocycles. The maximum Gasteiger partial charge on any atom is 0.0194 e. The van der Waals surface area contributed by atoms with Crippen LogP contribution >= 0.6 is 0 Å². The molecule has 0 amide bonds. The van der Waals surface area contributed by atoms with E-state index in [2.05, 4.69) is 26.1 Å². The molecule has 0 aliphatic carbocycles. The van der Waals surface area contributed by atoms with Crippen molar-refractivity contribution in [1.29, 1.82) is 0 Å². The van der Waals surface area contributed by atoms with Crippen molar-refractivity contribution in [3.05, 3.63) is 0 Å². The Bertz CT molecular complexity index is 46.5. The van der Waals surface area contributed by atoms with Crippen LogP contribution < -0.4 is 5.32 Å². The summed E-state index contributed by atoms with van der Waals surface area (Å²) in [6.07, 6.45) is 1.24. The van der Waals surface area contributed by atoms with Crippen molar-refractivity contribution in [1.82, 2.24) is 5.32 Å². The van der Waals surface area contributed by atoms with E-state index in [1.54, 1.807) is 0 Å². The molecule has 0 aromatic heterocycles. The van der Waals surface area contributed by atoms with Gasteiger partial charge in [-0.3, -0.25) is 0 Å². The van der Waals surface area contributed by atoms with Crippen molar-refractivity contribution in [2.24, 2.45) is 5.92 Å². The topological polar surface area (TPSA) is 12.0 Å². The average molecular weight is 132 g/mol. The minimum Gasteiger partial charge on any atom is -0.316 e. The highest BCUT2D eigenvalue weighted by atomic mass is 14.8. The third-order valence-corrected chi connectivity index (χ3v) is 0.979. The Morgan fingerprint density at radius 1 is 1.56 bits per heavy atom. The van der Waals surface area contributed by atoms with Crippen molar-refractivity contribution >= 4 is 0 Å². The first kappa shape index (κ1) is 8.96. The van der Waals surface area contributed by atoms with E-state index in [-0.39, 0.29) is 0 Å². The summed E-state index contributed by atoms with van der Waals surface area (Å²) in [6.45, 7) is 8.96. The van der Waals surface area contributed by atoms with Crippen LogP contribution in [0.15, 0.2) is 0 Å². The normalized spacial score (nSPS) is 10.1. The second-order valence-electron chi connectivity index (χ2n) is 2.60. The summed E-state index contributed by atoms with van der Waals surface area (Å²) in [7, 11) is 1.25. The zero-order chi connectivity index (χ0) is 8.41. The van der Waals surface area contributed by atoms with Gasteiger partial charge in [0.1, 0.15) is 0 Å². The van der Waals surface area contributed by atoms with E-state index in [9.17, 15) is 0 Å². The lowest BCUT2D eigenvalue weighted by atomic mass is 10.2. The zero-order valence-electron chi connectivity index (χ0n) is 8.20. The van der Waals surface area contributed by atoms with Crippen LogP contribution in [-0.4, -0.2) is 13.1 Å². The Kier molecular flexibility index (Phi) is 7.92. The lowest BCUT2D eigenvalue weighted by molar-refractivity contribution is 0.550. The Morgan fingerprint density at radius 2 is 2.11 bits per heavy atom. The van der Waals surface area contributed by atoms with Gasteiger partial charge >= 0.3 is 0 Å². The lowest BCUT2D eigenvalue weighted by Gasteiger charge is -2.03. The summed E-state index contributed by atoms with van der Waals surface area (Å²) >= 11 is 0. The molecular formula is C8H21N. The van der Waals surface area contributed by atoms with Crippen molar-refractivity contribution < 1.29 is 1.37 Å². The van der Waals surface area contributed by atoms with E-state index >= 15 is 0 Å². The van der Waals surface area contributed by atoms with Crippen LogP contribution in [-0.2, 0) is 0 Å². The molecule has 9 heavy (non-hydrogen) atoms.